The van der Waals surface area contributed by atoms with Crippen molar-refractivity contribution in [2.75, 3.05) is 45.9 Å². The molecule has 0 saturated carbocycles. The highest BCUT2D eigenvalue weighted by Crippen LogP contribution is 2.24. The second-order valence-electron chi connectivity index (χ2n) is 7.65. The summed E-state index contributed by atoms with van der Waals surface area (Å²) in [5.41, 5.74) is 1.75. The van der Waals surface area contributed by atoms with Gasteiger partial charge in [-0.1, -0.05) is 17.7 Å². The zero-order chi connectivity index (χ0) is 20.1. The number of amides is 1. The lowest BCUT2D eigenvalue weighted by Crippen LogP contribution is -2.47. The Morgan fingerprint density at radius 2 is 2.04 bits per heavy atom. The van der Waals surface area contributed by atoms with E-state index in [4.69, 9.17) is 4.74 Å². The number of carbonyl (C=O) groups excluding carboxylic acids is 1. The van der Waals surface area contributed by atoms with Crippen molar-refractivity contribution in [3.63, 3.8) is 0 Å². The molecule has 3 rings (SSSR count). The smallest absolute Gasteiger partial charge is 0.243 e. The van der Waals surface area contributed by atoms with Crippen LogP contribution in [0.3, 0.4) is 0 Å². The lowest BCUT2D eigenvalue weighted by molar-refractivity contribution is -0.131. The van der Waals surface area contributed by atoms with Gasteiger partial charge in [0.1, 0.15) is 0 Å². The van der Waals surface area contributed by atoms with Crippen LogP contribution in [0.5, 0.6) is 0 Å². The van der Waals surface area contributed by atoms with E-state index in [1.807, 2.05) is 30.9 Å². The number of carbonyl (C=O) groups is 1. The SMILES string of the molecule is Cc1ccc(S(=O)(=O)N(CCC(=O)N2CCNCC2)C[C@H]2CCCO2)c(C)c1. The van der Waals surface area contributed by atoms with Gasteiger partial charge >= 0.3 is 0 Å². The molecular formula is C20H31N3O4S. The molecule has 0 aromatic heterocycles. The van der Waals surface area contributed by atoms with E-state index in [1.54, 1.807) is 6.07 Å². The van der Waals surface area contributed by atoms with Crippen molar-refractivity contribution in [2.24, 2.45) is 0 Å². The van der Waals surface area contributed by atoms with Crippen molar-refractivity contribution in [3.05, 3.63) is 29.3 Å². The maximum Gasteiger partial charge on any atom is 0.243 e. The van der Waals surface area contributed by atoms with Crippen LogP contribution >= 0.6 is 0 Å². The van der Waals surface area contributed by atoms with Gasteiger partial charge in [-0.15, -0.1) is 0 Å². The van der Waals surface area contributed by atoms with Gasteiger partial charge in [0.05, 0.1) is 11.0 Å². The Morgan fingerprint density at radius 3 is 2.68 bits per heavy atom. The van der Waals surface area contributed by atoms with Crippen LogP contribution in [0.2, 0.25) is 0 Å². The molecular weight excluding hydrogens is 378 g/mol. The number of rotatable bonds is 7. The summed E-state index contributed by atoms with van der Waals surface area (Å²) in [6, 6.07) is 5.36. The maximum atomic E-state index is 13.4. The van der Waals surface area contributed by atoms with Gasteiger partial charge in [0.25, 0.3) is 0 Å². The van der Waals surface area contributed by atoms with Gasteiger partial charge < -0.3 is 15.0 Å². The third-order valence-electron chi connectivity index (χ3n) is 5.42. The Morgan fingerprint density at radius 1 is 1.29 bits per heavy atom. The fourth-order valence-electron chi connectivity index (χ4n) is 3.85. The van der Waals surface area contributed by atoms with Gasteiger partial charge in [0.2, 0.25) is 15.9 Å². The predicted molar refractivity (Wildman–Crippen MR) is 108 cm³/mol. The highest BCUT2D eigenvalue weighted by Gasteiger charge is 2.31. The monoisotopic (exact) mass is 409 g/mol. The molecule has 2 fully saturated rings. The summed E-state index contributed by atoms with van der Waals surface area (Å²) >= 11 is 0. The quantitative estimate of drug-likeness (QED) is 0.734. The second kappa shape index (κ2) is 9.35. The summed E-state index contributed by atoms with van der Waals surface area (Å²) in [5, 5.41) is 3.22. The molecule has 1 aromatic rings. The minimum atomic E-state index is -3.69. The van der Waals surface area contributed by atoms with Crippen molar-refractivity contribution in [3.8, 4) is 0 Å². The Kier molecular flexibility index (Phi) is 7.09. The third-order valence-corrected chi connectivity index (χ3v) is 7.45. The van der Waals surface area contributed by atoms with Crippen molar-refractivity contribution in [1.82, 2.24) is 14.5 Å². The standard InChI is InChI=1S/C20H31N3O4S/c1-16-5-6-19(17(2)14-16)28(25,26)23(15-18-4-3-13-27-18)10-7-20(24)22-11-8-21-9-12-22/h5-6,14,18,21H,3-4,7-13,15H2,1-2H3/t18-/m1/s1. The van der Waals surface area contributed by atoms with Crippen LogP contribution in [0.15, 0.2) is 23.1 Å². The van der Waals surface area contributed by atoms with Crippen LogP contribution in [0.25, 0.3) is 0 Å². The number of aryl methyl sites for hydroxylation is 2. The lowest BCUT2D eigenvalue weighted by Gasteiger charge is -2.29. The summed E-state index contributed by atoms with van der Waals surface area (Å²) in [4.78, 5) is 14.7. The van der Waals surface area contributed by atoms with Crippen LogP contribution in [0, 0.1) is 13.8 Å². The molecule has 0 radical (unpaired) electrons. The van der Waals surface area contributed by atoms with Crippen molar-refractivity contribution >= 4 is 15.9 Å². The van der Waals surface area contributed by atoms with Crippen LogP contribution in [0.1, 0.15) is 30.4 Å². The first-order valence-electron chi connectivity index (χ1n) is 10.1. The Hall–Kier alpha value is -1.48. The molecule has 1 aromatic carbocycles. The van der Waals surface area contributed by atoms with Crippen LogP contribution < -0.4 is 5.32 Å². The van der Waals surface area contributed by atoms with Gasteiger partial charge in [0, 0.05) is 52.3 Å². The Labute approximate surface area is 168 Å². The number of nitrogens with zero attached hydrogens (tertiary/aromatic N) is 2. The summed E-state index contributed by atoms with van der Waals surface area (Å²) in [7, 11) is -3.69. The minimum absolute atomic E-state index is 0.00895. The lowest BCUT2D eigenvalue weighted by atomic mass is 10.2. The van der Waals surface area contributed by atoms with E-state index in [0.717, 1.165) is 37.1 Å². The second-order valence-corrected chi connectivity index (χ2v) is 9.55. The van der Waals surface area contributed by atoms with Crippen LogP contribution in [-0.2, 0) is 19.6 Å². The van der Waals surface area contributed by atoms with E-state index in [1.165, 1.54) is 4.31 Å². The number of nitrogens with one attached hydrogen (secondary N) is 1. The molecule has 2 aliphatic rings. The van der Waals surface area contributed by atoms with Crippen molar-refractivity contribution < 1.29 is 17.9 Å². The van der Waals surface area contributed by atoms with E-state index >= 15 is 0 Å². The van der Waals surface area contributed by atoms with Crippen molar-refractivity contribution in [2.45, 2.75) is 44.1 Å². The minimum Gasteiger partial charge on any atom is -0.377 e. The number of hydrogen-bond acceptors (Lipinski definition) is 5. The average Bonchev–Trinajstić information content (AvgIpc) is 3.18. The number of benzene rings is 1. The molecule has 2 saturated heterocycles. The molecule has 28 heavy (non-hydrogen) atoms. The first-order valence-corrected chi connectivity index (χ1v) is 11.5. The molecule has 0 unspecified atom stereocenters. The normalized spacial score (nSPS) is 20.7. The van der Waals surface area contributed by atoms with E-state index in [0.29, 0.717) is 31.1 Å². The molecule has 7 nitrogen and oxygen atoms in total. The fourth-order valence-corrected chi connectivity index (χ4v) is 5.52. The molecule has 0 spiro atoms. The molecule has 156 valence electrons. The highest BCUT2D eigenvalue weighted by molar-refractivity contribution is 7.89. The van der Waals surface area contributed by atoms with Gasteiger partial charge in [-0.2, -0.15) is 4.31 Å². The molecule has 8 heteroatoms. The first kappa shape index (κ1) is 21.2. The molecule has 0 aliphatic carbocycles. The zero-order valence-corrected chi connectivity index (χ0v) is 17.6. The molecule has 1 amide bonds. The summed E-state index contributed by atoms with van der Waals surface area (Å²) in [6.45, 7) is 7.82. The zero-order valence-electron chi connectivity index (χ0n) is 16.8. The number of ether oxygens (including phenoxy) is 1. The van der Waals surface area contributed by atoms with Crippen LogP contribution in [0.4, 0.5) is 0 Å². The molecule has 1 N–H and O–H groups in total. The Bertz CT molecular complexity index is 785. The van der Waals surface area contributed by atoms with E-state index in [2.05, 4.69) is 5.32 Å². The third kappa shape index (κ3) is 5.11. The first-order chi connectivity index (χ1) is 13.4. The van der Waals surface area contributed by atoms with E-state index in [9.17, 15) is 13.2 Å². The Balaban J connectivity index is 1.76. The van der Waals surface area contributed by atoms with Gasteiger partial charge in [-0.3, -0.25) is 4.79 Å². The predicted octanol–water partition coefficient (Wildman–Crippen LogP) is 1.30. The van der Waals surface area contributed by atoms with E-state index in [-0.39, 0.29) is 25.0 Å². The summed E-state index contributed by atoms with van der Waals surface area (Å²) < 4.78 is 33.9. The number of sulfonamides is 1. The van der Waals surface area contributed by atoms with Gasteiger partial charge in [-0.05, 0) is 38.3 Å². The fraction of sp³-hybridized carbons (Fsp3) is 0.650. The van der Waals surface area contributed by atoms with Gasteiger partial charge in [-0.25, -0.2) is 8.42 Å². The van der Waals surface area contributed by atoms with Gasteiger partial charge in [0.15, 0.2) is 0 Å². The summed E-state index contributed by atoms with van der Waals surface area (Å²) in [5.74, 6) is 0.00895. The van der Waals surface area contributed by atoms with E-state index < -0.39 is 10.0 Å². The topological polar surface area (TPSA) is 79.0 Å². The van der Waals surface area contributed by atoms with Crippen molar-refractivity contribution in [1.29, 1.82) is 0 Å². The molecule has 0 bridgehead atoms. The molecule has 1 atom stereocenters. The number of hydrogen-bond donors (Lipinski definition) is 1. The van der Waals surface area contributed by atoms with Crippen LogP contribution in [-0.4, -0.2) is 75.5 Å². The highest BCUT2D eigenvalue weighted by atomic mass is 32.2. The molecule has 2 aliphatic heterocycles. The average molecular weight is 410 g/mol. The summed E-state index contributed by atoms with van der Waals surface area (Å²) in [6.07, 6.45) is 1.89. The number of piperazine rings is 1. The maximum absolute atomic E-state index is 13.4. The largest absolute Gasteiger partial charge is 0.377 e. The molecule has 2 heterocycles.